The Kier molecular flexibility index (Phi) is 7.41. The fraction of sp³-hybridized carbons (Fsp3) is 0.423. The monoisotopic (exact) mass is 452 g/mol. The number of carbonyl (C=O) groups excluding carboxylic acids is 2. The van der Waals surface area contributed by atoms with Crippen molar-refractivity contribution in [3.63, 3.8) is 0 Å². The SMILES string of the molecule is CCN(C(=O)CC(C)(C)NC(=O)OCC1c2ccccc2-c2ccccc21)C(C)CC(=O)O. The van der Waals surface area contributed by atoms with Crippen LogP contribution < -0.4 is 5.32 Å². The molecule has 2 N–H and O–H groups in total. The topological polar surface area (TPSA) is 95.9 Å². The van der Waals surface area contributed by atoms with Crippen molar-refractivity contribution in [3.05, 3.63) is 59.7 Å². The number of nitrogens with zero attached hydrogens (tertiary/aromatic N) is 1. The number of amides is 2. The molecule has 2 aromatic rings. The zero-order chi connectivity index (χ0) is 24.2. The first-order valence-electron chi connectivity index (χ1n) is 11.3. The Bertz CT molecular complexity index is 987. The van der Waals surface area contributed by atoms with E-state index in [0.29, 0.717) is 6.54 Å². The molecule has 3 rings (SSSR count). The van der Waals surface area contributed by atoms with Crippen LogP contribution in [0.2, 0.25) is 0 Å². The van der Waals surface area contributed by atoms with Gasteiger partial charge in [-0.15, -0.1) is 0 Å². The van der Waals surface area contributed by atoms with Gasteiger partial charge < -0.3 is 20.1 Å². The van der Waals surface area contributed by atoms with Crippen LogP contribution in [0.15, 0.2) is 48.5 Å². The van der Waals surface area contributed by atoms with Gasteiger partial charge in [-0.05, 0) is 49.9 Å². The average Bonchev–Trinajstić information content (AvgIpc) is 3.05. The second-order valence-corrected chi connectivity index (χ2v) is 9.14. The molecule has 2 aromatic carbocycles. The number of carboxylic acids is 1. The van der Waals surface area contributed by atoms with Crippen LogP contribution >= 0.6 is 0 Å². The number of hydrogen-bond acceptors (Lipinski definition) is 4. The average molecular weight is 453 g/mol. The third-order valence-corrected chi connectivity index (χ3v) is 6.04. The van der Waals surface area contributed by atoms with Crippen LogP contribution in [0.3, 0.4) is 0 Å². The summed E-state index contributed by atoms with van der Waals surface area (Å²) in [5.74, 6) is -1.21. The predicted octanol–water partition coefficient (Wildman–Crippen LogP) is 4.41. The first kappa shape index (κ1) is 24.3. The Morgan fingerprint density at radius 3 is 2.12 bits per heavy atom. The van der Waals surface area contributed by atoms with Gasteiger partial charge in [0.2, 0.25) is 5.91 Å². The van der Waals surface area contributed by atoms with Crippen molar-refractivity contribution in [2.24, 2.45) is 0 Å². The third kappa shape index (κ3) is 5.72. The van der Waals surface area contributed by atoms with Gasteiger partial charge in [0.15, 0.2) is 0 Å². The predicted molar refractivity (Wildman–Crippen MR) is 126 cm³/mol. The summed E-state index contributed by atoms with van der Waals surface area (Å²) >= 11 is 0. The molecular weight excluding hydrogens is 420 g/mol. The quantitative estimate of drug-likeness (QED) is 0.588. The molecule has 0 aliphatic heterocycles. The Morgan fingerprint density at radius 2 is 1.61 bits per heavy atom. The highest BCUT2D eigenvalue weighted by molar-refractivity contribution is 5.80. The van der Waals surface area contributed by atoms with Crippen LogP contribution in [0.5, 0.6) is 0 Å². The molecule has 0 spiro atoms. The number of hydrogen-bond donors (Lipinski definition) is 2. The Balaban J connectivity index is 1.60. The third-order valence-electron chi connectivity index (χ3n) is 6.04. The molecule has 0 fully saturated rings. The van der Waals surface area contributed by atoms with E-state index < -0.39 is 23.6 Å². The van der Waals surface area contributed by atoms with Crippen molar-refractivity contribution < 1.29 is 24.2 Å². The van der Waals surface area contributed by atoms with E-state index in [0.717, 1.165) is 22.3 Å². The number of rotatable bonds is 9. The van der Waals surface area contributed by atoms with Gasteiger partial charge in [0.1, 0.15) is 6.61 Å². The molecule has 2 amide bonds. The maximum Gasteiger partial charge on any atom is 0.407 e. The molecule has 176 valence electrons. The number of carboxylic acid groups (broad SMARTS) is 1. The summed E-state index contributed by atoms with van der Waals surface area (Å²) < 4.78 is 5.59. The van der Waals surface area contributed by atoms with E-state index >= 15 is 0 Å². The number of aliphatic carboxylic acids is 1. The van der Waals surface area contributed by atoms with Gasteiger partial charge in [-0.2, -0.15) is 0 Å². The molecule has 1 unspecified atom stereocenters. The number of fused-ring (bicyclic) bond motifs is 3. The Morgan fingerprint density at radius 1 is 1.06 bits per heavy atom. The maximum atomic E-state index is 12.8. The molecular formula is C26H32N2O5. The summed E-state index contributed by atoms with van der Waals surface area (Å²) in [5, 5.41) is 11.8. The summed E-state index contributed by atoms with van der Waals surface area (Å²) in [6.45, 7) is 7.61. The highest BCUT2D eigenvalue weighted by atomic mass is 16.5. The van der Waals surface area contributed by atoms with Crippen molar-refractivity contribution >= 4 is 18.0 Å². The van der Waals surface area contributed by atoms with Crippen LogP contribution in [0.4, 0.5) is 4.79 Å². The number of ether oxygens (including phenoxy) is 1. The molecule has 1 atom stereocenters. The summed E-state index contributed by atoms with van der Waals surface area (Å²) in [6.07, 6.45) is -0.675. The van der Waals surface area contributed by atoms with Crippen LogP contribution in [-0.4, -0.2) is 52.7 Å². The minimum Gasteiger partial charge on any atom is -0.481 e. The molecule has 7 nitrogen and oxygen atoms in total. The second-order valence-electron chi connectivity index (χ2n) is 9.14. The number of benzene rings is 2. The first-order chi connectivity index (χ1) is 15.6. The van der Waals surface area contributed by atoms with E-state index in [1.165, 1.54) is 4.90 Å². The van der Waals surface area contributed by atoms with Gasteiger partial charge in [-0.3, -0.25) is 9.59 Å². The summed E-state index contributed by atoms with van der Waals surface area (Å²) in [7, 11) is 0. The van der Waals surface area contributed by atoms with Gasteiger partial charge in [0.25, 0.3) is 0 Å². The molecule has 0 saturated carbocycles. The molecule has 0 aromatic heterocycles. The largest absolute Gasteiger partial charge is 0.481 e. The van der Waals surface area contributed by atoms with E-state index in [1.807, 2.05) is 31.2 Å². The minimum atomic E-state index is -0.954. The fourth-order valence-corrected chi connectivity index (χ4v) is 4.53. The van der Waals surface area contributed by atoms with Crippen LogP contribution in [0.25, 0.3) is 11.1 Å². The smallest absolute Gasteiger partial charge is 0.407 e. The Labute approximate surface area is 194 Å². The lowest BCUT2D eigenvalue weighted by molar-refractivity contribution is -0.140. The van der Waals surface area contributed by atoms with Crippen molar-refractivity contribution in [2.75, 3.05) is 13.2 Å². The zero-order valence-corrected chi connectivity index (χ0v) is 19.6. The van der Waals surface area contributed by atoms with E-state index in [1.54, 1.807) is 20.8 Å². The molecule has 33 heavy (non-hydrogen) atoms. The van der Waals surface area contributed by atoms with Crippen molar-refractivity contribution in [3.8, 4) is 11.1 Å². The van der Waals surface area contributed by atoms with E-state index in [2.05, 4.69) is 29.6 Å². The molecule has 1 aliphatic rings. The molecule has 1 aliphatic carbocycles. The van der Waals surface area contributed by atoms with Gasteiger partial charge in [-0.25, -0.2) is 4.79 Å². The number of carbonyl (C=O) groups is 3. The van der Waals surface area contributed by atoms with Crippen LogP contribution in [0, 0.1) is 0 Å². The standard InChI is InChI=1S/C26H32N2O5/c1-5-28(17(2)14-24(30)31)23(29)15-26(3,4)27-25(32)33-16-22-20-12-8-6-10-18(20)19-11-7-9-13-21(19)22/h6-13,17,22H,5,14-16H2,1-4H3,(H,27,32)(H,30,31). The minimum absolute atomic E-state index is 0.0367. The number of alkyl carbamates (subject to hydrolysis) is 1. The lowest BCUT2D eigenvalue weighted by Crippen LogP contribution is -2.49. The maximum absolute atomic E-state index is 12.8. The molecule has 0 saturated heterocycles. The second kappa shape index (κ2) is 10.1. The Hall–Kier alpha value is -3.35. The van der Waals surface area contributed by atoms with Crippen molar-refractivity contribution in [1.82, 2.24) is 10.2 Å². The van der Waals surface area contributed by atoms with Gasteiger partial charge >= 0.3 is 12.1 Å². The van der Waals surface area contributed by atoms with Gasteiger partial charge in [0.05, 0.1) is 6.42 Å². The molecule has 0 bridgehead atoms. The highest BCUT2D eigenvalue weighted by Gasteiger charge is 2.32. The van der Waals surface area contributed by atoms with E-state index in [-0.39, 0.29) is 31.3 Å². The van der Waals surface area contributed by atoms with Crippen LogP contribution in [-0.2, 0) is 14.3 Å². The van der Waals surface area contributed by atoms with E-state index in [4.69, 9.17) is 9.84 Å². The lowest BCUT2D eigenvalue weighted by atomic mass is 9.98. The summed E-state index contributed by atoms with van der Waals surface area (Å²) in [5.41, 5.74) is 3.72. The summed E-state index contributed by atoms with van der Waals surface area (Å²) in [6, 6.07) is 15.8. The summed E-state index contributed by atoms with van der Waals surface area (Å²) in [4.78, 5) is 37.9. The highest BCUT2D eigenvalue weighted by Crippen LogP contribution is 2.44. The van der Waals surface area contributed by atoms with Gasteiger partial charge in [-0.1, -0.05) is 48.5 Å². The van der Waals surface area contributed by atoms with E-state index in [9.17, 15) is 14.4 Å². The zero-order valence-electron chi connectivity index (χ0n) is 19.6. The molecule has 7 heteroatoms. The molecule has 0 radical (unpaired) electrons. The lowest BCUT2D eigenvalue weighted by Gasteiger charge is -2.32. The van der Waals surface area contributed by atoms with Gasteiger partial charge in [0, 0.05) is 30.5 Å². The van der Waals surface area contributed by atoms with Crippen molar-refractivity contribution in [1.29, 1.82) is 0 Å². The number of nitrogens with one attached hydrogen (secondary N) is 1. The fourth-order valence-electron chi connectivity index (χ4n) is 4.53. The van der Waals surface area contributed by atoms with Crippen LogP contribution in [0.1, 0.15) is 57.6 Å². The normalized spacial score (nSPS) is 13.6. The van der Waals surface area contributed by atoms with Crippen molar-refractivity contribution in [2.45, 2.75) is 58.0 Å². The molecule has 0 heterocycles. The first-order valence-corrected chi connectivity index (χ1v) is 11.3.